The van der Waals surface area contributed by atoms with Crippen LogP contribution >= 0.6 is 0 Å². The molecule has 2 N–H and O–H groups in total. The average molecular weight is 264 g/mol. The van der Waals surface area contributed by atoms with Gasteiger partial charge in [0.1, 0.15) is 11.4 Å². The van der Waals surface area contributed by atoms with E-state index in [1.54, 1.807) is 6.92 Å². The van der Waals surface area contributed by atoms with E-state index in [0.29, 0.717) is 17.4 Å². The van der Waals surface area contributed by atoms with Gasteiger partial charge >= 0.3 is 5.97 Å². The summed E-state index contributed by atoms with van der Waals surface area (Å²) in [6.07, 6.45) is 8.14. The van der Waals surface area contributed by atoms with Crippen LogP contribution in [0.1, 0.15) is 60.4 Å². The van der Waals surface area contributed by atoms with E-state index in [1.807, 2.05) is 0 Å². The molecule has 0 spiro atoms. The topological polar surface area (TPSA) is 83.0 Å². The fraction of sp³-hybridized carbons (Fsp3) is 0.643. The van der Waals surface area contributed by atoms with E-state index in [2.05, 4.69) is 9.97 Å². The third-order valence-corrected chi connectivity index (χ3v) is 3.82. The monoisotopic (exact) mass is 264 g/mol. The van der Waals surface area contributed by atoms with Gasteiger partial charge < -0.3 is 10.1 Å². The molecule has 2 rings (SSSR count). The Kier molecular flexibility index (Phi) is 4.35. The normalized spacial score (nSPS) is 17.1. The molecule has 1 aromatic heterocycles. The molecule has 0 radical (unpaired) electrons. The molecule has 1 heterocycles. The van der Waals surface area contributed by atoms with Crippen LogP contribution in [-0.2, 0) is 6.42 Å². The highest BCUT2D eigenvalue weighted by molar-refractivity contribution is 5.88. The van der Waals surface area contributed by atoms with E-state index in [1.165, 1.54) is 38.5 Å². The average Bonchev–Trinajstić information content (AvgIpc) is 2.56. The largest absolute Gasteiger partial charge is 0.477 e. The lowest BCUT2D eigenvalue weighted by atomic mass is 9.96. The Morgan fingerprint density at radius 3 is 2.47 bits per heavy atom. The zero-order valence-electron chi connectivity index (χ0n) is 11.2. The number of aromatic amines is 1. The van der Waals surface area contributed by atoms with Gasteiger partial charge in [-0.2, -0.15) is 0 Å². The maximum Gasteiger partial charge on any atom is 0.343 e. The fourth-order valence-corrected chi connectivity index (χ4v) is 2.83. The maximum atomic E-state index is 11.7. The molecule has 1 saturated carbocycles. The predicted octanol–water partition coefficient (Wildman–Crippen LogP) is 2.29. The Hall–Kier alpha value is -1.65. The second-order valence-electron chi connectivity index (χ2n) is 5.34. The smallest absolute Gasteiger partial charge is 0.343 e. The molecule has 1 aliphatic rings. The van der Waals surface area contributed by atoms with Gasteiger partial charge in [-0.05, 0) is 12.8 Å². The summed E-state index contributed by atoms with van der Waals surface area (Å²) >= 11 is 0. The first kappa shape index (κ1) is 13.8. The number of aromatic carboxylic acids is 1. The van der Waals surface area contributed by atoms with Crippen molar-refractivity contribution in [1.82, 2.24) is 9.97 Å². The van der Waals surface area contributed by atoms with Crippen LogP contribution in [-0.4, -0.2) is 21.0 Å². The van der Waals surface area contributed by atoms with Crippen LogP contribution in [0.25, 0.3) is 0 Å². The van der Waals surface area contributed by atoms with Gasteiger partial charge in [0.05, 0.1) is 5.69 Å². The first-order valence-corrected chi connectivity index (χ1v) is 6.91. The van der Waals surface area contributed by atoms with E-state index in [0.717, 1.165) is 6.42 Å². The molecule has 1 aromatic rings. The van der Waals surface area contributed by atoms with Gasteiger partial charge in [0.15, 0.2) is 0 Å². The molecule has 104 valence electrons. The lowest BCUT2D eigenvalue weighted by Crippen LogP contribution is -2.23. The zero-order valence-corrected chi connectivity index (χ0v) is 11.2. The van der Waals surface area contributed by atoms with E-state index in [9.17, 15) is 9.59 Å². The molecule has 0 unspecified atom stereocenters. The van der Waals surface area contributed by atoms with Gasteiger partial charge in [0, 0.05) is 6.42 Å². The van der Waals surface area contributed by atoms with Crippen molar-refractivity contribution in [3.8, 4) is 0 Å². The molecule has 0 aliphatic heterocycles. The summed E-state index contributed by atoms with van der Waals surface area (Å²) < 4.78 is 0. The van der Waals surface area contributed by atoms with Crippen molar-refractivity contribution in [3.63, 3.8) is 0 Å². The van der Waals surface area contributed by atoms with Crippen molar-refractivity contribution >= 4 is 5.97 Å². The first-order chi connectivity index (χ1) is 9.08. The second kappa shape index (κ2) is 5.99. The van der Waals surface area contributed by atoms with Gasteiger partial charge in [0.25, 0.3) is 5.56 Å². The Morgan fingerprint density at radius 2 is 1.95 bits per heavy atom. The second-order valence-corrected chi connectivity index (χ2v) is 5.34. The number of carboxylic acids is 1. The highest BCUT2D eigenvalue weighted by atomic mass is 16.4. The molecule has 0 aromatic carbocycles. The van der Waals surface area contributed by atoms with E-state index in [4.69, 9.17) is 5.11 Å². The van der Waals surface area contributed by atoms with Crippen molar-refractivity contribution < 1.29 is 9.90 Å². The number of nitrogens with one attached hydrogen (secondary N) is 1. The number of aryl methyl sites for hydroxylation is 1. The van der Waals surface area contributed by atoms with Crippen molar-refractivity contribution in [2.75, 3.05) is 0 Å². The van der Waals surface area contributed by atoms with Gasteiger partial charge in [-0.15, -0.1) is 0 Å². The summed E-state index contributed by atoms with van der Waals surface area (Å²) in [6.45, 7) is 1.58. The van der Waals surface area contributed by atoms with Gasteiger partial charge in [-0.25, -0.2) is 9.78 Å². The third-order valence-electron chi connectivity index (χ3n) is 3.82. The quantitative estimate of drug-likeness (QED) is 0.820. The molecule has 5 nitrogen and oxygen atoms in total. The molecule has 0 amide bonds. The van der Waals surface area contributed by atoms with Gasteiger partial charge in [-0.1, -0.05) is 38.5 Å². The highest BCUT2D eigenvalue weighted by Crippen LogP contribution is 2.24. The highest BCUT2D eigenvalue weighted by Gasteiger charge is 2.18. The Labute approximate surface area is 112 Å². The summed E-state index contributed by atoms with van der Waals surface area (Å²) in [5.41, 5.74) is -0.479. The summed E-state index contributed by atoms with van der Waals surface area (Å²) in [6, 6.07) is 0. The first-order valence-electron chi connectivity index (χ1n) is 6.91. The summed E-state index contributed by atoms with van der Waals surface area (Å²) in [5.74, 6) is -0.0348. The van der Waals surface area contributed by atoms with Crippen molar-refractivity contribution in [2.24, 2.45) is 5.92 Å². The number of hydrogen-bond donors (Lipinski definition) is 2. The van der Waals surface area contributed by atoms with E-state index >= 15 is 0 Å². The molecule has 1 aliphatic carbocycles. The fourth-order valence-electron chi connectivity index (χ4n) is 2.83. The van der Waals surface area contributed by atoms with Crippen LogP contribution in [0.4, 0.5) is 0 Å². The number of hydrogen-bond acceptors (Lipinski definition) is 3. The third kappa shape index (κ3) is 3.43. The minimum atomic E-state index is -1.22. The molecule has 0 bridgehead atoms. The number of nitrogens with zero attached hydrogens (tertiary/aromatic N) is 1. The Bertz CT molecular complexity index is 514. The summed E-state index contributed by atoms with van der Waals surface area (Å²) in [4.78, 5) is 29.5. The SMILES string of the molecule is Cc1nc(CC2CCCCCC2)[nH]c(=O)c1C(=O)O. The van der Waals surface area contributed by atoms with E-state index < -0.39 is 11.5 Å². The summed E-state index contributed by atoms with van der Waals surface area (Å²) in [5, 5.41) is 8.94. The number of carbonyl (C=O) groups is 1. The van der Waals surface area contributed by atoms with Crippen molar-refractivity contribution in [2.45, 2.75) is 51.9 Å². The van der Waals surface area contributed by atoms with Crippen LogP contribution in [0, 0.1) is 12.8 Å². The number of carboxylic acid groups (broad SMARTS) is 1. The lowest BCUT2D eigenvalue weighted by Gasteiger charge is -2.13. The number of rotatable bonds is 3. The molecular weight excluding hydrogens is 244 g/mol. The minimum absolute atomic E-state index is 0.246. The molecule has 19 heavy (non-hydrogen) atoms. The van der Waals surface area contributed by atoms with Gasteiger partial charge in [-0.3, -0.25) is 4.79 Å². The zero-order chi connectivity index (χ0) is 13.8. The van der Waals surface area contributed by atoms with Crippen LogP contribution in [0.5, 0.6) is 0 Å². The predicted molar refractivity (Wildman–Crippen MR) is 71.5 cm³/mol. The van der Waals surface area contributed by atoms with Crippen molar-refractivity contribution in [3.05, 3.63) is 27.4 Å². The molecule has 0 atom stereocenters. The number of H-pyrrole nitrogens is 1. The van der Waals surface area contributed by atoms with Crippen LogP contribution < -0.4 is 5.56 Å². The van der Waals surface area contributed by atoms with Crippen LogP contribution in [0.2, 0.25) is 0 Å². The lowest BCUT2D eigenvalue weighted by molar-refractivity contribution is 0.0693. The van der Waals surface area contributed by atoms with Crippen LogP contribution in [0.3, 0.4) is 0 Å². The molecule has 0 saturated heterocycles. The summed E-state index contributed by atoms with van der Waals surface area (Å²) in [7, 11) is 0. The Morgan fingerprint density at radius 1 is 1.32 bits per heavy atom. The number of aromatic nitrogens is 2. The standard InChI is InChI=1S/C14H20N2O3/c1-9-12(14(18)19)13(17)16-11(15-9)8-10-6-4-2-3-5-7-10/h10H,2-8H2,1H3,(H,18,19)(H,15,16,17). The molecular formula is C14H20N2O3. The van der Waals surface area contributed by atoms with E-state index in [-0.39, 0.29) is 5.56 Å². The minimum Gasteiger partial charge on any atom is -0.477 e. The van der Waals surface area contributed by atoms with Crippen LogP contribution in [0.15, 0.2) is 4.79 Å². The molecule has 5 heteroatoms. The molecule has 1 fully saturated rings. The van der Waals surface area contributed by atoms with Gasteiger partial charge in [0.2, 0.25) is 0 Å². The Balaban J connectivity index is 2.17. The van der Waals surface area contributed by atoms with Crippen molar-refractivity contribution in [1.29, 1.82) is 0 Å². The maximum absolute atomic E-state index is 11.7.